The zero-order chi connectivity index (χ0) is 13.8. The summed E-state index contributed by atoms with van der Waals surface area (Å²) >= 11 is 0. The number of hydrogen-bond donors (Lipinski definition) is 1. The minimum atomic E-state index is 0.527. The molecule has 100 valence electrons. The van der Waals surface area contributed by atoms with Gasteiger partial charge >= 0.3 is 0 Å². The minimum Gasteiger partial charge on any atom is -0.355 e. The molecule has 1 heteroatoms. The number of hydrogen-bond acceptors (Lipinski definition) is 1. The SMILES string of the molecule is CCc1cccc(C(C)C)c1Nc1ccc(C)cc1. The number of benzene rings is 2. The van der Waals surface area contributed by atoms with Crippen molar-refractivity contribution in [2.75, 3.05) is 5.32 Å². The first-order valence-corrected chi connectivity index (χ1v) is 7.07. The monoisotopic (exact) mass is 253 g/mol. The number of anilines is 2. The van der Waals surface area contributed by atoms with Crippen molar-refractivity contribution in [1.82, 2.24) is 0 Å². The highest BCUT2D eigenvalue weighted by molar-refractivity contribution is 5.67. The van der Waals surface area contributed by atoms with Crippen LogP contribution in [0.2, 0.25) is 0 Å². The van der Waals surface area contributed by atoms with Gasteiger partial charge in [0, 0.05) is 11.4 Å². The number of aryl methyl sites for hydroxylation is 2. The molecule has 2 aromatic carbocycles. The highest BCUT2D eigenvalue weighted by atomic mass is 14.9. The predicted molar refractivity (Wildman–Crippen MR) is 84.4 cm³/mol. The van der Waals surface area contributed by atoms with Crippen LogP contribution >= 0.6 is 0 Å². The highest BCUT2D eigenvalue weighted by Crippen LogP contribution is 2.31. The Balaban J connectivity index is 2.39. The van der Waals surface area contributed by atoms with E-state index in [0.29, 0.717) is 5.92 Å². The van der Waals surface area contributed by atoms with Gasteiger partial charge in [-0.1, -0.05) is 56.7 Å². The molecule has 1 nitrogen and oxygen atoms in total. The van der Waals surface area contributed by atoms with E-state index in [9.17, 15) is 0 Å². The quantitative estimate of drug-likeness (QED) is 0.766. The Hall–Kier alpha value is -1.76. The van der Waals surface area contributed by atoms with E-state index in [1.54, 1.807) is 0 Å². The van der Waals surface area contributed by atoms with Crippen LogP contribution in [0.15, 0.2) is 42.5 Å². The van der Waals surface area contributed by atoms with Crippen LogP contribution in [-0.2, 0) is 6.42 Å². The maximum atomic E-state index is 3.60. The third-order valence-electron chi connectivity index (χ3n) is 3.51. The lowest BCUT2D eigenvalue weighted by Crippen LogP contribution is -2.01. The molecule has 0 bridgehead atoms. The Morgan fingerprint density at radius 3 is 2.26 bits per heavy atom. The molecule has 2 aromatic rings. The molecule has 0 spiro atoms. The second kappa shape index (κ2) is 5.92. The van der Waals surface area contributed by atoms with E-state index < -0.39 is 0 Å². The molecule has 0 saturated heterocycles. The van der Waals surface area contributed by atoms with Crippen LogP contribution in [0, 0.1) is 6.92 Å². The van der Waals surface area contributed by atoms with Gasteiger partial charge in [-0.3, -0.25) is 0 Å². The molecule has 0 atom stereocenters. The second-order valence-corrected chi connectivity index (χ2v) is 5.38. The summed E-state index contributed by atoms with van der Waals surface area (Å²) in [4.78, 5) is 0. The van der Waals surface area contributed by atoms with Crippen LogP contribution in [0.1, 0.15) is 43.4 Å². The van der Waals surface area contributed by atoms with E-state index in [0.717, 1.165) is 12.1 Å². The first-order valence-electron chi connectivity index (χ1n) is 7.07. The van der Waals surface area contributed by atoms with Crippen molar-refractivity contribution in [1.29, 1.82) is 0 Å². The van der Waals surface area contributed by atoms with Crippen molar-refractivity contribution < 1.29 is 0 Å². The van der Waals surface area contributed by atoms with Gasteiger partial charge in [0.15, 0.2) is 0 Å². The largest absolute Gasteiger partial charge is 0.355 e. The van der Waals surface area contributed by atoms with Crippen LogP contribution in [0.25, 0.3) is 0 Å². The van der Waals surface area contributed by atoms with Crippen LogP contribution < -0.4 is 5.32 Å². The Labute approximate surface area is 116 Å². The van der Waals surface area contributed by atoms with Crippen LogP contribution in [0.3, 0.4) is 0 Å². The smallest absolute Gasteiger partial charge is 0.0451 e. The van der Waals surface area contributed by atoms with Crippen LogP contribution in [0.4, 0.5) is 11.4 Å². The van der Waals surface area contributed by atoms with Gasteiger partial charge in [0.05, 0.1) is 0 Å². The van der Waals surface area contributed by atoms with Crippen molar-refractivity contribution in [2.45, 2.75) is 40.0 Å². The van der Waals surface area contributed by atoms with Gasteiger partial charge < -0.3 is 5.32 Å². The van der Waals surface area contributed by atoms with Gasteiger partial charge in [-0.05, 0) is 42.5 Å². The second-order valence-electron chi connectivity index (χ2n) is 5.38. The third kappa shape index (κ3) is 3.17. The first kappa shape index (κ1) is 13.7. The molecule has 0 unspecified atom stereocenters. The summed E-state index contributed by atoms with van der Waals surface area (Å²) in [5, 5.41) is 3.60. The summed E-state index contributed by atoms with van der Waals surface area (Å²) in [6.07, 6.45) is 1.05. The summed E-state index contributed by atoms with van der Waals surface area (Å²) in [7, 11) is 0. The van der Waals surface area contributed by atoms with Crippen molar-refractivity contribution in [3.8, 4) is 0 Å². The standard InChI is InChI=1S/C18H23N/c1-5-15-7-6-8-17(13(2)3)18(15)19-16-11-9-14(4)10-12-16/h6-13,19H,5H2,1-4H3. The molecular formula is C18H23N. The van der Waals surface area contributed by atoms with E-state index >= 15 is 0 Å². The van der Waals surface area contributed by atoms with Gasteiger partial charge in [-0.25, -0.2) is 0 Å². The van der Waals surface area contributed by atoms with Crippen molar-refractivity contribution >= 4 is 11.4 Å². The van der Waals surface area contributed by atoms with Crippen molar-refractivity contribution in [2.24, 2.45) is 0 Å². The fourth-order valence-electron chi connectivity index (χ4n) is 2.33. The molecule has 0 amide bonds. The molecule has 0 radical (unpaired) electrons. The topological polar surface area (TPSA) is 12.0 Å². The summed E-state index contributed by atoms with van der Waals surface area (Å²) in [5.41, 5.74) is 6.50. The van der Waals surface area contributed by atoms with Crippen LogP contribution in [-0.4, -0.2) is 0 Å². The molecule has 0 aliphatic rings. The number of rotatable bonds is 4. The van der Waals surface area contributed by atoms with E-state index in [2.05, 4.69) is 75.5 Å². The molecule has 0 aliphatic heterocycles. The van der Waals surface area contributed by atoms with E-state index in [4.69, 9.17) is 0 Å². The highest BCUT2D eigenvalue weighted by Gasteiger charge is 2.10. The fourth-order valence-corrected chi connectivity index (χ4v) is 2.33. The lowest BCUT2D eigenvalue weighted by Gasteiger charge is -2.18. The molecule has 0 fully saturated rings. The Morgan fingerprint density at radius 2 is 1.68 bits per heavy atom. The van der Waals surface area contributed by atoms with Crippen LogP contribution in [0.5, 0.6) is 0 Å². The lowest BCUT2D eigenvalue weighted by atomic mass is 9.96. The maximum Gasteiger partial charge on any atom is 0.0451 e. The first-order chi connectivity index (χ1) is 9.11. The average molecular weight is 253 g/mol. The summed E-state index contributed by atoms with van der Waals surface area (Å²) < 4.78 is 0. The van der Waals surface area contributed by atoms with Gasteiger partial charge in [0.25, 0.3) is 0 Å². The number of para-hydroxylation sites is 1. The summed E-state index contributed by atoms with van der Waals surface area (Å²) in [5.74, 6) is 0.527. The third-order valence-corrected chi connectivity index (χ3v) is 3.51. The predicted octanol–water partition coefficient (Wildman–Crippen LogP) is 5.42. The van der Waals surface area contributed by atoms with Gasteiger partial charge in [0.2, 0.25) is 0 Å². The maximum absolute atomic E-state index is 3.60. The summed E-state index contributed by atoms with van der Waals surface area (Å²) in [6.45, 7) is 8.81. The van der Waals surface area contributed by atoms with Crippen molar-refractivity contribution in [3.05, 3.63) is 59.2 Å². The molecule has 2 rings (SSSR count). The Morgan fingerprint density at radius 1 is 1.00 bits per heavy atom. The molecule has 0 heterocycles. The zero-order valence-electron chi connectivity index (χ0n) is 12.3. The minimum absolute atomic E-state index is 0.527. The van der Waals surface area contributed by atoms with Gasteiger partial charge in [-0.15, -0.1) is 0 Å². The average Bonchev–Trinajstić information content (AvgIpc) is 2.41. The van der Waals surface area contributed by atoms with Gasteiger partial charge in [0.1, 0.15) is 0 Å². The lowest BCUT2D eigenvalue weighted by molar-refractivity contribution is 0.865. The fraction of sp³-hybridized carbons (Fsp3) is 0.333. The molecular weight excluding hydrogens is 230 g/mol. The molecule has 0 aromatic heterocycles. The molecule has 0 saturated carbocycles. The summed E-state index contributed by atoms with van der Waals surface area (Å²) in [6, 6.07) is 15.2. The zero-order valence-corrected chi connectivity index (χ0v) is 12.3. The molecule has 0 aliphatic carbocycles. The van der Waals surface area contributed by atoms with Crippen molar-refractivity contribution in [3.63, 3.8) is 0 Å². The Bertz CT molecular complexity index is 538. The number of nitrogens with one attached hydrogen (secondary N) is 1. The van der Waals surface area contributed by atoms with Gasteiger partial charge in [-0.2, -0.15) is 0 Å². The Kier molecular flexibility index (Phi) is 4.26. The van der Waals surface area contributed by atoms with E-state index in [-0.39, 0.29) is 0 Å². The van der Waals surface area contributed by atoms with E-state index in [1.165, 1.54) is 22.4 Å². The normalized spacial score (nSPS) is 10.8. The van der Waals surface area contributed by atoms with E-state index in [1.807, 2.05) is 0 Å². The molecule has 19 heavy (non-hydrogen) atoms. The molecule has 1 N–H and O–H groups in total.